The van der Waals surface area contributed by atoms with Crippen LogP contribution in [0.15, 0.2) is 30.3 Å². The molecule has 0 aromatic heterocycles. The molecule has 0 aliphatic carbocycles. The van der Waals surface area contributed by atoms with Crippen LogP contribution >= 0.6 is 11.6 Å². The Balaban J connectivity index is 2.16. The smallest absolute Gasteiger partial charge is 0.0463 e. The number of hydrogen-bond acceptors (Lipinski definition) is 1. The molecule has 1 aromatic carbocycles. The molecular weight excluding hydrogens is 206 g/mol. The second kappa shape index (κ2) is 6.86. The van der Waals surface area contributed by atoms with Gasteiger partial charge in [-0.1, -0.05) is 44.2 Å². The molecule has 1 rings (SSSR count). The molecular formula is C13H20ClN. The van der Waals surface area contributed by atoms with Crippen LogP contribution in [0.25, 0.3) is 0 Å². The van der Waals surface area contributed by atoms with E-state index in [0.29, 0.717) is 5.92 Å². The van der Waals surface area contributed by atoms with Crippen molar-refractivity contribution in [2.24, 2.45) is 5.92 Å². The van der Waals surface area contributed by atoms with Gasteiger partial charge >= 0.3 is 0 Å². The first-order chi connectivity index (χ1) is 7.18. The number of benzene rings is 1. The van der Waals surface area contributed by atoms with Crippen molar-refractivity contribution in [2.45, 2.75) is 32.2 Å². The van der Waals surface area contributed by atoms with E-state index in [9.17, 15) is 0 Å². The first-order valence-electron chi connectivity index (χ1n) is 5.57. The lowest BCUT2D eigenvalue weighted by Gasteiger charge is -2.12. The van der Waals surface area contributed by atoms with Crippen molar-refractivity contribution in [2.75, 3.05) is 6.54 Å². The summed E-state index contributed by atoms with van der Waals surface area (Å²) in [5, 5.41) is 3.62. The van der Waals surface area contributed by atoms with Gasteiger partial charge in [0.2, 0.25) is 0 Å². The summed E-state index contributed by atoms with van der Waals surface area (Å²) < 4.78 is 0. The number of rotatable bonds is 6. The third kappa shape index (κ3) is 5.81. The van der Waals surface area contributed by atoms with Crippen molar-refractivity contribution in [1.82, 2.24) is 5.32 Å². The highest BCUT2D eigenvalue weighted by atomic mass is 35.5. The Morgan fingerprint density at radius 1 is 1.20 bits per heavy atom. The fourth-order valence-corrected chi connectivity index (χ4v) is 2.03. The topological polar surface area (TPSA) is 12.0 Å². The Morgan fingerprint density at radius 2 is 1.87 bits per heavy atom. The van der Waals surface area contributed by atoms with Crippen LogP contribution in [0.2, 0.25) is 0 Å². The molecule has 0 saturated heterocycles. The van der Waals surface area contributed by atoms with Crippen LogP contribution in [0, 0.1) is 5.92 Å². The maximum Gasteiger partial charge on any atom is 0.0463 e. The van der Waals surface area contributed by atoms with Crippen LogP contribution in [0.1, 0.15) is 25.8 Å². The number of halogens is 1. The lowest BCUT2D eigenvalue weighted by Crippen LogP contribution is -2.23. The quantitative estimate of drug-likeness (QED) is 0.732. The maximum absolute atomic E-state index is 6.18. The Bertz CT molecular complexity index is 258. The van der Waals surface area contributed by atoms with E-state index in [2.05, 4.69) is 43.4 Å². The van der Waals surface area contributed by atoms with Crippen LogP contribution in [-0.4, -0.2) is 11.9 Å². The molecule has 1 unspecified atom stereocenters. The molecule has 0 aliphatic rings. The van der Waals surface area contributed by atoms with E-state index < -0.39 is 0 Å². The van der Waals surface area contributed by atoms with Crippen molar-refractivity contribution in [1.29, 1.82) is 0 Å². The number of nitrogens with one attached hydrogen (secondary N) is 1. The molecule has 2 heteroatoms. The van der Waals surface area contributed by atoms with E-state index in [4.69, 9.17) is 11.6 Å². The van der Waals surface area contributed by atoms with Crippen LogP contribution in [-0.2, 0) is 6.54 Å². The maximum atomic E-state index is 6.18. The molecule has 0 amide bonds. The van der Waals surface area contributed by atoms with Gasteiger partial charge in [0.05, 0.1) is 0 Å². The van der Waals surface area contributed by atoms with Crippen LogP contribution in [0.5, 0.6) is 0 Å². The molecule has 0 radical (unpaired) electrons. The second-order valence-electron chi connectivity index (χ2n) is 4.34. The van der Waals surface area contributed by atoms with Crippen LogP contribution < -0.4 is 5.32 Å². The predicted octanol–water partition coefficient (Wildman–Crippen LogP) is 3.43. The lowest BCUT2D eigenvalue weighted by atomic mass is 10.1. The summed E-state index contributed by atoms with van der Waals surface area (Å²) in [7, 11) is 0. The Labute approximate surface area is 97.8 Å². The van der Waals surface area contributed by atoms with Gasteiger partial charge in [-0.25, -0.2) is 0 Å². The zero-order valence-electron chi connectivity index (χ0n) is 9.54. The minimum absolute atomic E-state index is 0.244. The van der Waals surface area contributed by atoms with E-state index in [1.165, 1.54) is 5.56 Å². The van der Waals surface area contributed by atoms with Crippen molar-refractivity contribution in [3.63, 3.8) is 0 Å². The van der Waals surface area contributed by atoms with Gasteiger partial charge in [-0.05, 0) is 17.9 Å². The summed E-state index contributed by atoms with van der Waals surface area (Å²) in [5.41, 5.74) is 1.31. The molecule has 0 saturated carbocycles. The summed E-state index contributed by atoms with van der Waals surface area (Å²) in [6.45, 7) is 6.19. The standard InChI is InChI=1S/C13H20ClN/c1-11(2)8-13(14)10-15-9-12-6-4-3-5-7-12/h3-7,11,13,15H,8-10H2,1-2H3. The summed E-state index contributed by atoms with van der Waals surface area (Å²) in [6.07, 6.45) is 1.07. The lowest BCUT2D eigenvalue weighted by molar-refractivity contribution is 0.533. The monoisotopic (exact) mass is 225 g/mol. The Hall–Kier alpha value is -0.530. The molecule has 0 fully saturated rings. The summed E-state index contributed by atoms with van der Waals surface area (Å²) in [5.74, 6) is 0.672. The predicted molar refractivity (Wildman–Crippen MR) is 67.2 cm³/mol. The van der Waals surface area contributed by atoms with Crippen molar-refractivity contribution in [3.8, 4) is 0 Å². The molecule has 0 spiro atoms. The highest BCUT2D eigenvalue weighted by Crippen LogP contribution is 2.09. The van der Waals surface area contributed by atoms with E-state index in [1.54, 1.807) is 0 Å². The molecule has 84 valence electrons. The van der Waals surface area contributed by atoms with Gasteiger partial charge in [0.15, 0.2) is 0 Å². The molecule has 1 N–H and O–H groups in total. The van der Waals surface area contributed by atoms with Gasteiger partial charge in [-0.3, -0.25) is 0 Å². The van der Waals surface area contributed by atoms with Crippen molar-refractivity contribution >= 4 is 11.6 Å². The van der Waals surface area contributed by atoms with Crippen LogP contribution in [0.4, 0.5) is 0 Å². The molecule has 0 bridgehead atoms. The largest absolute Gasteiger partial charge is 0.311 e. The minimum atomic E-state index is 0.244. The summed E-state index contributed by atoms with van der Waals surface area (Å²) in [4.78, 5) is 0. The zero-order chi connectivity index (χ0) is 11.1. The van der Waals surface area contributed by atoms with Gasteiger partial charge in [0.1, 0.15) is 0 Å². The third-order valence-corrected chi connectivity index (χ3v) is 2.60. The first-order valence-corrected chi connectivity index (χ1v) is 6.01. The second-order valence-corrected chi connectivity index (χ2v) is 4.96. The van der Waals surface area contributed by atoms with Gasteiger partial charge in [0, 0.05) is 18.5 Å². The van der Waals surface area contributed by atoms with E-state index in [0.717, 1.165) is 19.5 Å². The molecule has 15 heavy (non-hydrogen) atoms. The Kier molecular flexibility index (Phi) is 5.74. The highest BCUT2D eigenvalue weighted by molar-refractivity contribution is 6.20. The third-order valence-electron chi connectivity index (χ3n) is 2.26. The van der Waals surface area contributed by atoms with Gasteiger partial charge in [-0.15, -0.1) is 11.6 Å². The Morgan fingerprint density at radius 3 is 2.47 bits per heavy atom. The molecule has 0 heterocycles. The van der Waals surface area contributed by atoms with E-state index in [1.807, 2.05) is 6.07 Å². The minimum Gasteiger partial charge on any atom is -0.311 e. The van der Waals surface area contributed by atoms with E-state index >= 15 is 0 Å². The molecule has 1 aromatic rings. The van der Waals surface area contributed by atoms with Crippen molar-refractivity contribution in [3.05, 3.63) is 35.9 Å². The van der Waals surface area contributed by atoms with Crippen molar-refractivity contribution < 1.29 is 0 Å². The summed E-state index contributed by atoms with van der Waals surface area (Å²) in [6, 6.07) is 10.4. The molecule has 1 atom stereocenters. The molecule has 0 aliphatic heterocycles. The van der Waals surface area contributed by atoms with Gasteiger partial charge in [-0.2, -0.15) is 0 Å². The average molecular weight is 226 g/mol. The fourth-order valence-electron chi connectivity index (χ4n) is 1.56. The summed E-state index contributed by atoms with van der Waals surface area (Å²) >= 11 is 6.18. The number of hydrogen-bond donors (Lipinski definition) is 1. The average Bonchev–Trinajstić information content (AvgIpc) is 2.18. The van der Waals surface area contributed by atoms with Crippen LogP contribution in [0.3, 0.4) is 0 Å². The fraction of sp³-hybridized carbons (Fsp3) is 0.538. The van der Waals surface area contributed by atoms with Gasteiger partial charge in [0.25, 0.3) is 0 Å². The molecule has 1 nitrogen and oxygen atoms in total. The highest BCUT2D eigenvalue weighted by Gasteiger charge is 2.06. The van der Waals surface area contributed by atoms with Gasteiger partial charge < -0.3 is 5.32 Å². The zero-order valence-corrected chi connectivity index (χ0v) is 10.3. The van der Waals surface area contributed by atoms with E-state index in [-0.39, 0.29) is 5.38 Å². The normalized spacial score (nSPS) is 13.1. The number of alkyl halides is 1. The first kappa shape index (κ1) is 12.5. The SMILES string of the molecule is CC(C)CC(Cl)CNCc1ccccc1.